The summed E-state index contributed by atoms with van der Waals surface area (Å²) in [6.45, 7) is 4.36. The molecule has 0 amide bonds. The maximum Gasteiger partial charge on any atom is 0.136 e. The van der Waals surface area contributed by atoms with Crippen LogP contribution in [0.25, 0.3) is 22.3 Å². The van der Waals surface area contributed by atoms with E-state index in [1.165, 1.54) is 33.4 Å². The van der Waals surface area contributed by atoms with Crippen LogP contribution in [0.4, 0.5) is 0 Å². The Balaban J connectivity index is 1.66. The summed E-state index contributed by atoms with van der Waals surface area (Å²) in [5.74, 6) is 0.324. The van der Waals surface area contributed by atoms with Crippen molar-refractivity contribution in [3.05, 3.63) is 95.7 Å². The van der Waals surface area contributed by atoms with Crippen molar-refractivity contribution in [2.24, 2.45) is 0 Å². The molecule has 3 heteroatoms. The summed E-state index contributed by atoms with van der Waals surface area (Å²) < 4.78 is 2.07. The topological polar surface area (TPSA) is 30.2 Å². The minimum Gasteiger partial charge on any atom is -0.306 e. The van der Waals surface area contributed by atoms with Crippen LogP contribution >= 0.6 is 0 Å². The van der Waals surface area contributed by atoms with E-state index in [1.807, 2.05) is 18.6 Å². The monoisotopic (exact) mass is 337 g/mol. The van der Waals surface area contributed by atoms with Gasteiger partial charge in [-0.3, -0.25) is 4.98 Å². The average Bonchev–Trinajstić information content (AvgIpc) is 3.25. The molecule has 0 fully saturated rings. The lowest BCUT2D eigenvalue weighted by molar-refractivity contribution is 0.927. The fourth-order valence-corrected chi connectivity index (χ4v) is 3.85. The number of pyridine rings is 2. The first kappa shape index (κ1) is 15.1. The minimum atomic E-state index is 0.324. The van der Waals surface area contributed by atoms with Gasteiger partial charge < -0.3 is 4.40 Å². The van der Waals surface area contributed by atoms with E-state index in [1.54, 1.807) is 0 Å². The van der Waals surface area contributed by atoms with Crippen molar-refractivity contribution in [3.8, 4) is 11.1 Å². The summed E-state index contributed by atoms with van der Waals surface area (Å²) >= 11 is 0. The third kappa shape index (κ3) is 2.28. The Bertz CT molecular complexity index is 1170. The number of allylic oxidation sites excluding steroid dienone is 1. The van der Waals surface area contributed by atoms with Gasteiger partial charge in [-0.1, -0.05) is 37.3 Å². The van der Waals surface area contributed by atoms with Gasteiger partial charge in [0.2, 0.25) is 0 Å². The number of aromatic nitrogens is 3. The van der Waals surface area contributed by atoms with Gasteiger partial charge in [0.25, 0.3) is 0 Å². The lowest BCUT2D eigenvalue weighted by atomic mass is 9.96. The van der Waals surface area contributed by atoms with Crippen LogP contribution in [0, 0.1) is 6.92 Å². The SMILES string of the molecule is Cc1ccccc1-c1cnc2c(c1)C(c1ccc3nccn3c1)=C[C@@H]2C. The van der Waals surface area contributed by atoms with E-state index in [9.17, 15) is 0 Å². The Kier molecular flexibility index (Phi) is 3.29. The summed E-state index contributed by atoms with van der Waals surface area (Å²) in [6, 6.07) is 15.0. The highest BCUT2D eigenvalue weighted by molar-refractivity contribution is 5.87. The molecule has 26 heavy (non-hydrogen) atoms. The van der Waals surface area contributed by atoms with Crippen LogP contribution in [0.15, 0.2) is 73.3 Å². The van der Waals surface area contributed by atoms with Gasteiger partial charge in [0.1, 0.15) is 5.65 Å². The second-order valence-electron chi connectivity index (χ2n) is 6.95. The highest BCUT2D eigenvalue weighted by Gasteiger charge is 2.23. The normalized spacial score (nSPS) is 15.9. The van der Waals surface area contributed by atoms with E-state index < -0.39 is 0 Å². The molecule has 0 saturated heterocycles. The fraction of sp³-hybridized carbons (Fsp3) is 0.130. The number of aryl methyl sites for hydroxylation is 1. The zero-order valence-electron chi connectivity index (χ0n) is 14.8. The summed E-state index contributed by atoms with van der Waals surface area (Å²) in [7, 11) is 0. The number of hydrogen-bond donors (Lipinski definition) is 0. The van der Waals surface area contributed by atoms with Gasteiger partial charge in [0, 0.05) is 41.8 Å². The van der Waals surface area contributed by atoms with Crippen molar-refractivity contribution in [1.82, 2.24) is 14.4 Å². The van der Waals surface area contributed by atoms with Crippen molar-refractivity contribution in [2.45, 2.75) is 19.8 Å². The maximum atomic E-state index is 4.81. The molecular formula is C23H19N3. The molecule has 0 N–H and O–H groups in total. The molecule has 0 unspecified atom stereocenters. The van der Waals surface area contributed by atoms with Crippen LogP contribution in [-0.4, -0.2) is 14.4 Å². The number of benzene rings is 1. The van der Waals surface area contributed by atoms with Gasteiger partial charge in [-0.25, -0.2) is 4.98 Å². The molecular weight excluding hydrogens is 318 g/mol. The number of nitrogens with zero attached hydrogens (tertiary/aromatic N) is 3. The number of fused-ring (bicyclic) bond motifs is 2. The lowest BCUT2D eigenvalue weighted by Gasteiger charge is -2.11. The first-order valence-electron chi connectivity index (χ1n) is 8.92. The van der Waals surface area contributed by atoms with Crippen molar-refractivity contribution in [1.29, 1.82) is 0 Å². The van der Waals surface area contributed by atoms with Crippen molar-refractivity contribution in [3.63, 3.8) is 0 Å². The molecule has 1 aromatic carbocycles. The van der Waals surface area contributed by atoms with Gasteiger partial charge in [0.15, 0.2) is 0 Å². The molecule has 0 saturated carbocycles. The van der Waals surface area contributed by atoms with Crippen molar-refractivity contribution >= 4 is 11.2 Å². The molecule has 0 radical (unpaired) electrons. The third-order valence-electron chi connectivity index (χ3n) is 5.21. The lowest BCUT2D eigenvalue weighted by Crippen LogP contribution is -1.96. The largest absolute Gasteiger partial charge is 0.306 e. The number of imidazole rings is 1. The molecule has 1 aliphatic rings. The third-order valence-corrected chi connectivity index (χ3v) is 5.21. The smallest absolute Gasteiger partial charge is 0.136 e. The summed E-state index contributed by atoms with van der Waals surface area (Å²) in [4.78, 5) is 9.15. The maximum absolute atomic E-state index is 4.81. The van der Waals surface area contributed by atoms with Crippen LogP contribution in [0.5, 0.6) is 0 Å². The van der Waals surface area contributed by atoms with E-state index >= 15 is 0 Å². The van der Waals surface area contributed by atoms with Gasteiger partial charge in [0.05, 0.1) is 5.69 Å². The quantitative estimate of drug-likeness (QED) is 0.500. The Labute approximate surface area is 152 Å². The first-order chi connectivity index (χ1) is 12.7. The van der Waals surface area contributed by atoms with Crippen LogP contribution in [-0.2, 0) is 0 Å². The van der Waals surface area contributed by atoms with Gasteiger partial charge >= 0.3 is 0 Å². The van der Waals surface area contributed by atoms with E-state index in [-0.39, 0.29) is 0 Å². The zero-order chi connectivity index (χ0) is 17.7. The second kappa shape index (κ2) is 5.67. The number of hydrogen-bond acceptors (Lipinski definition) is 2. The standard InChI is InChI=1S/C23H19N3/c1-15-5-3-4-6-19(15)18-12-21-20(11-16(2)23(21)25-13-18)17-7-8-22-24-9-10-26(22)14-17/h3-14,16H,1-2H3/t16-/m0/s1. The molecule has 0 spiro atoms. The van der Waals surface area contributed by atoms with Gasteiger partial charge in [-0.2, -0.15) is 0 Å². The Morgan fingerprint density at radius 3 is 2.73 bits per heavy atom. The minimum absolute atomic E-state index is 0.324. The Hall–Kier alpha value is -3.20. The highest BCUT2D eigenvalue weighted by Crippen LogP contribution is 2.40. The fourth-order valence-electron chi connectivity index (χ4n) is 3.85. The first-order valence-corrected chi connectivity index (χ1v) is 8.92. The molecule has 1 atom stereocenters. The molecule has 3 aromatic heterocycles. The summed E-state index contributed by atoms with van der Waals surface area (Å²) in [5, 5.41) is 0. The predicted octanol–water partition coefficient (Wildman–Crippen LogP) is 5.25. The molecule has 1 aliphatic carbocycles. The Morgan fingerprint density at radius 2 is 1.85 bits per heavy atom. The van der Waals surface area contributed by atoms with Crippen LogP contribution in [0.2, 0.25) is 0 Å². The zero-order valence-corrected chi connectivity index (χ0v) is 14.8. The van der Waals surface area contributed by atoms with Crippen molar-refractivity contribution in [2.75, 3.05) is 0 Å². The predicted molar refractivity (Wildman–Crippen MR) is 105 cm³/mol. The van der Waals surface area contributed by atoms with Gasteiger partial charge in [-0.15, -0.1) is 0 Å². The summed E-state index contributed by atoms with van der Waals surface area (Å²) in [6.07, 6.45) is 10.3. The summed E-state index contributed by atoms with van der Waals surface area (Å²) in [5.41, 5.74) is 9.49. The molecule has 3 heterocycles. The van der Waals surface area contributed by atoms with Crippen LogP contribution < -0.4 is 0 Å². The molecule has 126 valence electrons. The van der Waals surface area contributed by atoms with E-state index in [0.29, 0.717) is 5.92 Å². The average molecular weight is 337 g/mol. The van der Waals surface area contributed by atoms with Crippen LogP contribution in [0.3, 0.4) is 0 Å². The van der Waals surface area contributed by atoms with E-state index in [4.69, 9.17) is 4.98 Å². The number of rotatable bonds is 2. The molecule has 4 aromatic rings. The molecule has 5 rings (SSSR count). The van der Waals surface area contributed by atoms with E-state index in [0.717, 1.165) is 11.3 Å². The Morgan fingerprint density at radius 1 is 0.962 bits per heavy atom. The van der Waals surface area contributed by atoms with E-state index in [2.05, 4.69) is 78.0 Å². The van der Waals surface area contributed by atoms with Gasteiger partial charge in [-0.05, 0) is 47.4 Å². The van der Waals surface area contributed by atoms with Crippen LogP contribution in [0.1, 0.15) is 35.2 Å². The molecule has 0 aliphatic heterocycles. The van der Waals surface area contributed by atoms with Crippen molar-refractivity contribution < 1.29 is 0 Å². The molecule has 3 nitrogen and oxygen atoms in total. The second-order valence-corrected chi connectivity index (χ2v) is 6.95. The highest BCUT2D eigenvalue weighted by atomic mass is 15.0. The molecule has 0 bridgehead atoms.